The molecular formula is C42H50N6O3S2. The van der Waals surface area contributed by atoms with Gasteiger partial charge in [-0.05, 0) is 81.6 Å². The molecule has 1 N–H and O–H groups in total. The Hall–Kier alpha value is -3.10. The Bertz CT molecular complexity index is 1980. The summed E-state index contributed by atoms with van der Waals surface area (Å²) in [6.07, 6.45) is 1.22. The van der Waals surface area contributed by atoms with E-state index in [0.717, 1.165) is 88.7 Å². The predicted octanol–water partition coefficient (Wildman–Crippen LogP) is 5.29. The van der Waals surface area contributed by atoms with Crippen molar-refractivity contribution in [3.8, 4) is 0 Å². The van der Waals surface area contributed by atoms with Gasteiger partial charge in [-0.25, -0.2) is 12.7 Å². The van der Waals surface area contributed by atoms with E-state index in [9.17, 15) is 8.42 Å². The van der Waals surface area contributed by atoms with Crippen LogP contribution in [0.25, 0.3) is 0 Å². The first kappa shape index (κ1) is 35.6. The van der Waals surface area contributed by atoms with Gasteiger partial charge in [0.25, 0.3) is 0 Å². The minimum Gasteiger partial charge on any atom is -0.375 e. The molecule has 4 aromatic carbocycles. The molecule has 4 aromatic rings. The molecule has 0 aliphatic carbocycles. The van der Waals surface area contributed by atoms with Crippen LogP contribution in [0, 0.1) is 0 Å². The summed E-state index contributed by atoms with van der Waals surface area (Å²) in [5.74, 6) is 0. The van der Waals surface area contributed by atoms with Gasteiger partial charge in [-0.2, -0.15) is 4.31 Å². The third-order valence-corrected chi connectivity index (χ3v) is 14.5. The fourth-order valence-electron chi connectivity index (χ4n) is 8.65. The molecule has 9 rings (SSSR count). The van der Waals surface area contributed by atoms with Crippen molar-refractivity contribution in [2.75, 3.05) is 52.4 Å². The molecule has 0 saturated carbocycles. The first-order valence-corrected chi connectivity index (χ1v) is 21.4. The summed E-state index contributed by atoms with van der Waals surface area (Å²) in [4.78, 5) is 9.23. The second-order valence-electron chi connectivity index (χ2n) is 15.4. The molecule has 0 aromatic heterocycles. The third-order valence-electron chi connectivity index (χ3n) is 11.7. The quantitative estimate of drug-likeness (QED) is 0.145. The summed E-state index contributed by atoms with van der Waals surface area (Å²) in [6, 6.07) is 32.9. The van der Waals surface area contributed by atoms with E-state index in [1.165, 1.54) is 33.6 Å². The molecule has 53 heavy (non-hydrogen) atoms. The Kier molecular flexibility index (Phi) is 10.5. The number of benzene rings is 4. The van der Waals surface area contributed by atoms with Crippen LogP contribution in [0.2, 0.25) is 0 Å². The molecule has 0 spiro atoms. The number of ether oxygens (including phenoxy) is 1. The maximum Gasteiger partial charge on any atom is 0.243 e. The van der Waals surface area contributed by atoms with Crippen LogP contribution in [0.1, 0.15) is 45.4 Å². The summed E-state index contributed by atoms with van der Waals surface area (Å²) in [5.41, 5.74) is 8.68. The average molecular weight is 751 g/mol. The Morgan fingerprint density at radius 2 is 1.38 bits per heavy atom. The number of hydrogen-bond donors (Lipinski definition) is 1. The van der Waals surface area contributed by atoms with Crippen molar-refractivity contribution in [3.05, 3.63) is 130 Å². The molecule has 2 unspecified atom stereocenters. The molecule has 5 heterocycles. The molecule has 11 heteroatoms. The molecular weight excluding hydrogens is 701 g/mol. The molecule has 2 atom stereocenters. The highest BCUT2D eigenvalue weighted by atomic mass is 32.2. The first-order chi connectivity index (χ1) is 25.9. The zero-order valence-electron chi connectivity index (χ0n) is 30.4. The van der Waals surface area contributed by atoms with Crippen LogP contribution in [0.5, 0.6) is 0 Å². The molecule has 3 saturated heterocycles. The molecule has 9 nitrogen and oxygen atoms in total. The summed E-state index contributed by atoms with van der Waals surface area (Å²) in [6.45, 7) is 13.2. The van der Waals surface area contributed by atoms with Gasteiger partial charge in [0.15, 0.2) is 0 Å². The van der Waals surface area contributed by atoms with E-state index < -0.39 is 10.0 Å². The number of rotatable bonds is 13. The Morgan fingerprint density at radius 3 is 2.09 bits per heavy atom. The highest BCUT2D eigenvalue weighted by molar-refractivity contribution is 7.97. The van der Waals surface area contributed by atoms with E-state index in [0.29, 0.717) is 43.3 Å². The van der Waals surface area contributed by atoms with Crippen molar-refractivity contribution in [1.82, 2.24) is 28.6 Å². The zero-order valence-corrected chi connectivity index (χ0v) is 32.0. The minimum absolute atomic E-state index is 0.372. The van der Waals surface area contributed by atoms with Crippen molar-refractivity contribution in [2.24, 2.45) is 0 Å². The monoisotopic (exact) mass is 750 g/mol. The summed E-state index contributed by atoms with van der Waals surface area (Å²) in [7, 11) is -3.57. The summed E-state index contributed by atoms with van der Waals surface area (Å²) in [5, 5.41) is 3.55. The third kappa shape index (κ3) is 8.15. The number of piperazine rings is 2. The van der Waals surface area contributed by atoms with E-state index in [4.69, 9.17) is 4.74 Å². The fourth-order valence-corrected chi connectivity index (χ4v) is 11.0. The fraction of sp³-hybridized carbons (Fsp3) is 0.429. The van der Waals surface area contributed by atoms with Crippen molar-refractivity contribution >= 4 is 22.0 Å². The Labute approximate surface area is 319 Å². The summed E-state index contributed by atoms with van der Waals surface area (Å²) >= 11 is 1.86. The van der Waals surface area contributed by atoms with E-state index in [2.05, 4.69) is 91.1 Å². The lowest BCUT2D eigenvalue weighted by Crippen LogP contribution is -2.46. The van der Waals surface area contributed by atoms with E-state index >= 15 is 0 Å². The van der Waals surface area contributed by atoms with Crippen LogP contribution in [-0.2, 0) is 60.6 Å². The van der Waals surface area contributed by atoms with Gasteiger partial charge in [0.1, 0.15) is 0 Å². The maximum absolute atomic E-state index is 13.6. The number of hydrogen-bond acceptors (Lipinski definition) is 9. The minimum atomic E-state index is -3.57. The van der Waals surface area contributed by atoms with Crippen LogP contribution in [0.15, 0.2) is 101 Å². The number of sulfonamides is 1. The molecule has 278 valence electrons. The van der Waals surface area contributed by atoms with Crippen molar-refractivity contribution < 1.29 is 13.2 Å². The Balaban J connectivity index is 0.682. The molecule has 3 fully saturated rings. The van der Waals surface area contributed by atoms with Crippen LogP contribution in [0.4, 0.5) is 0 Å². The Morgan fingerprint density at radius 1 is 0.717 bits per heavy atom. The standard InChI is InChI=1S/C42H50N6O3S2/c49-53(50,42-13-8-33(9-14-42)25-46-30-39-22-40(46)23-43-39)48-28-37-10-5-34(21-38(37)29-48)31-51-20-19-44-15-17-45(18-16-44)24-32-6-11-41(12-7-32)52-47-26-35-3-1-2-4-36(35)27-47/h1-14,21,39-40,43H,15-20,22-31H2. The second-order valence-corrected chi connectivity index (χ2v) is 18.5. The number of nitrogens with one attached hydrogen (secondary N) is 1. The normalized spacial score (nSPS) is 22.5. The van der Waals surface area contributed by atoms with Crippen LogP contribution in [-0.4, -0.2) is 96.2 Å². The summed E-state index contributed by atoms with van der Waals surface area (Å²) < 4.78 is 37.3. The smallest absolute Gasteiger partial charge is 0.243 e. The molecule has 2 bridgehead atoms. The van der Waals surface area contributed by atoms with Crippen molar-refractivity contribution in [2.45, 2.75) is 74.2 Å². The van der Waals surface area contributed by atoms with Crippen molar-refractivity contribution in [3.63, 3.8) is 0 Å². The zero-order chi connectivity index (χ0) is 35.8. The topological polar surface area (TPSA) is 71.6 Å². The maximum atomic E-state index is 13.6. The van der Waals surface area contributed by atoms with Crippen molar-refractivity contribution in [1.29, 1.82) is 0 Å². The lowest BCUT2D eigenvalue weighted by Gasteiger charge is -2.34. The molecule has 5 aliphatic heterocycles. The largest absolute Gasteiger partial charge is 0.375 e. The van der Waals surface area contributed by atoms with E-state index in [1.54, 1.807) is 16.4 Å². The van der Waals surface area contributed by atoms with Gasteiger partial charge in [0.05, 0.1) is 18.1 Å². The average Bonchev–Trinajstić information content (AvgIpc) is 3.99. The van der Waals surface area contributed by atoms with Gasteiger partial charge in [0.2, 0.25) is 10.0 Å². The molecule has 0 radical (unpaired) electrons. The number of fused-ring (bicyclic) bond motifs is 4. The van der Waals surface area contributed by atoms with Crippen LogP contribution in [0.3, 0.4) is 0 Å². The highest BCUT2D eigenvalue weighted by Gasteiger charge is 2.37. The van der Waals surface area contributed by atoms with E-state index in [1.807, 2.05) is 24.1 Å². The van der Waals surface area contributed by atoms with Gasteiger partial charge in [-0.3, -0.25) is 14.7 Å². The lowest BCUT2D eigenvalue weighted by atomic mass is 10.1. The van der Waals surface area contributed by atoms with Gasteiger partial charge >= 0.3 is 0 Å². The molecule has 5 aliphatic rings. The van der Waals surface area contributed by atoms with Gasteiger partial charge < -0.3 is 10.1 Å². The predicted molar refractivity (Wildman–Crippen MR) is 209 cm³/mol. The lowest BCUT2D eigenvalue weighted by molar-refractivity contribution is 0.0666. The first-order valence-electron chi connectivity index (χ1n) is 19.2. The van der Waals surface area contributed by atoms with Gasteiger partial charge in [-0.15, -0.1) is 0 Å². The van der Waals surface area contributed by atoms with Gasteiger partial charge in [-0.1, -0.05) is 66.7 Å². The van der Waals surface area contributed by atoms with Crippen LogP contribution >= 0.6 is 11.9 Å². The molecule has 0 amide bonds. The number of likely N-dealkylation sites (tertiary alicyclic amines) is 1. The van der Waals surface area contributed by atoms with Gasteiger partial charge in [0, 0.05) is 102 Å². The van der Waals surface area contributed by atoms with E-state index in [-0.39, 0.29) is 0 Å². The SMILES string of the molecule is O=S(=O)(c1ccc(CN2CC3CC2CN3)cc1)N1Cc2ccc(COCCN3CCN(Cc4ccc(SN5Cc6ccccc6C5)cc4)CC3)cc2C1. The van der Waals surface area contributed by atoms with Crippen LogP contribution < -0.4 is 5.32 Å². The highest BCUT2D eigenvalue weighted by Crippen LogP contribution is 2.33. The number of nitrogens with zero attached hydrogens (tertiary/aromatic N) is 5. The second kappa shape index (κ2) is 15.6.